The van der Waals surface area contributed by atoms with Gasteiger partial charge in [-0.05, 0) is 54.5 Å². The summed E-state index contributed by atoms with van der Waals surface area (Å²) in [7, 11) is 4.01. The molecular weight excluding hydrogens is 539 g/mol. The van der Waals surface area contributed by atoms with Crippen LogP contribution < -0.4 is 4.90 Å². The molecule has 1 atom stereocenters. The predicted molar refractivity (Wildman–Crippen MR) is 156 cm³/mol. The van der Waals surface area contributed by atoms with Crippen molar-refractivity contribution in [2.45, 2.75) is 37.8 Å². The zero-order chi connectivity index (χ0) is 29.4. The van der Waals surface area contributed by atoms with Crippen LogP contribution >= 0.6 is 0 Å². The number of allylic oxidation sites excluding steroid dienone is 1. The van der Waals surface area contributed by atoms with E-state index in [4.69, 9.17) is 0 Å². The molecule has 0 N–H and O–H groups in total. The Morgan fingerprint density at radius 3 is 2.50 bits per heavy atom. The fourth-order valence-corrected chi connectivity index (χ4v) is 7.29. The number of benzene rings is 1. The highest BCUT2D eigenvalue weighted by molar-refractivity contribution is 5.64. The van der Waals surface area contributed by atoms with Crippen molar-refractivity contribution in [3.05, 3.63) is 102 Å². The van der Waals surface area contributed by atoms with Gasteiger partial charge in [-0.25, -0.2) is 0 Å². The third-order valence-corrected chi connectivity index (χ3v) is 9.88. The van der Waals surface area contributed by atoms with Gasteiger partial charge in [-0.1, -0.05) is 31.7 Å². The molecule has 1 saturated carbocycles. The van der Waals surface area contributed by atoms with Gasteiger partial charge < -0.3 is 19.3 Å². The second kappa shape index (κ2) is 9.62. The monoisotopic (exact) mass is 575 g/mol. The first-order valence-corrected chi connectivity index (χ1v) is 14.6. The Morgan fingerprint density at radius 2 is 1.88 bits per heavy atom. The van der Waals surface area contributed by atoms with Crippen LogP contribution in [0.1, 0.15) is 43.0 Å². The molecule has 2 saturated heterocycles. The van der Waals surface area contributed by atoms with Crippen LogP contribution in [0.4, 0.5) is 18.9 Å². The molecule has 220 valence electrons. The first kappa shape index (κ1) is 27.1. The molecule has 4 aliphatic heterocycles. The standard InChI is InChI=1S/C32H36F3N7/c1-21-31(11-12-38(21)3)18-40(19-31)15-23-13-27(32(33,34)35)28-17-41(22(2)42(28)16-23)26-10-6-9-25(14-26)29(24-7-5-8-24)30-37-36-20-39(30)4/h6,9-10,13-14,16-17,20,24,29H,1-2,5,7-8,11-12,15,18-19H2,3-4H3. The van der Waals surface area contributed by atoms with Gasteiger partial charge in [0.25, 0.3) is 0 Å². The largest absolute Gasteiger partial charge is 0.418 e. The van der Waals surface area contributed by atoms with E-state index in [1.165, 1.54) is 12.5 Å². The number of alkyl halides is 3. The first-order valence-electron chi connectivity index (χ1n) is 14.6. The van der Waals surface area contributed by atoms with E-state index in [0.29, 0.717) is 23.9 Å². The number of rotatable bonds is 6. The molecule has 5 aliphatic rings. The summed E-state index contributed by atoms with van der Waals surface area (Å²) >= 11 is 0. The van der Waals surface area contributed by atoms with Crippen LogP contribution in [0.25, 0.3) is 0 Å². The molecule has 1 aromatic heterocycles. The number of halogens is 3. The molecule has 0 bridgehead atoms. The van der Waals surface area contributed by atoms with E-state index in [1.807, 2.05) is 29.9 Å². The molecule has 7 rings (SSSR count). The van der Waals surface area contributed by atoms with Crippen molar-refractivity contribution in [1.29, 1.82) is 0 Å². The number of nitrogens with zero attached hydrogens (tertiary/aromatic N) is 7. The molecule has 0 amide bonds. The van der Waals surface area contributed by atoms with Crippen LogP contribution in [-0.2, 0) is 7.05 Å². The Morgan fingerprint density at radius 1 is 1.10 bits per heavy atom. The lowest BCUT2D eigenvalue weighted by Crippen LogP contribution is -2.56. The molecule has 0 radical (unpaired) electrons. The number of likely N-dealkylation sites (tertiary alicyclic amines) is 2. The average Bonchev–Trinajstić information content (AvgIpc) is 3.56. The van der Waals surface area contributed by atoms with E-state index in [-0.39, 0.29) is 17.0 Å². The highest BCUT2D eigenvalue weighted by Gasteiger charge is 2.50. The molecule has 1 spiro atoms. The fourth-order valence-electron chi connectivity index (χ4n) is 7.29. The van der Waals surface area contributed by atoms with E-state index in [0.717, 1.165) is 61.7 Å². The minimum atomic E-state index is -4.50. The lowest BCUT2D eigenvalue weighted by Gasteiger charge is -2.49. The summed E-state index contributed by atoms with van der Waals surface area (Å²) in [6, 6.07) is 8.03. The Kier molecular flexibility index (Phi) is 6.20. The van der Waals surface area contributed by atoms with Gasteiger partial charge in [0, 0.05) is 75.4 Å². The minimum absolute atomic E-state index is 0.0625. The van der Waals surface area contributed by atoms with Crippen LogP contribution in [0, 0.1) is 11.3 Å². The van der Waals surface area contributed by atoms with Crippen molar-refractivity contribution < 1.29 is 13.2 Å². The predicted octanol–water partition coefficient (Wildman–Crippen LogP) is 5.72. The SMILES string of the molecule is C=C1N2C=C(CN3CC4(CCN(C)C4=C)C3)C=C(C(F)(F)F)C2=CN1c1cccc(C(c2nncn2C)C2CCC2)c1. The maximum Gasteiger partial charge on any atom is 0.418 e. The summed E-state index contributed by atoms with van der Waals surface area (Å²) in [4.78, 5) is 7.76. The number of fused-ring (bicyclic) bond motifs is 1. The lowest BCUT2D eigenvalue weighted by atomic mass is 9.72. The second-order valence-corrected chi connectivity index (χ2v) is 12.5. The van der Waals surface area contributed by atoms with Crippen LogP contribution in [0.5, 0.6) is 0 Å². The maximum absolute atomic E-state index is 14.4. The van der Waals surface area contributed by atoms with Crippen molar-refractivity contribution in [1.82, 2.24) is 29.5 Å². The van der Waals surface area contributed by atoms with Crippen molar-refractivity contribution in [3.63, 3.8) is 0 Å². The summed E-state index contributed by atoms with van der Waals surface area (Å²) in [6.45, 7) is 11.6. The van der Waals surface area contributed by atoms with E-state index in [2.05, 4.69) is 52.3 Å². The molecule has 5 heterocycles. The van der Waals surface area contributed by atoms with E-state index >= 15 is 0 Å². The second-order valence-electron chi connectivity index (χ2n) is 12.5. The zero-order valence-corrected chi connectivity index (χ0v) is 24.1. The topological polar surface area (TPSA) is 43.7 Å². The normalized spacial score (nSPS) is 23.1. The fraction of sp³-hybridized carbons (Fsp3) is 0.438. The van der Waals surface area contributed by atoms with Crippen molar-refractivity contribution >= 4 is 5.69 Å². The molecule has 1 aliphatic carbocycles. The third kappa shape index (κ3) is 4.30. The smallest absolute Gasteiger partial charge is 0.378 e. The number of aryl methyl sites for hydroxylation is 1. The lowest BCUT2D eigenvalue weighted by molar-refractivity contribution is -0.0910. The van der Waals surface area contributed by atoms with Gasteiger partial charge in [0.1, 0.15) is 18.0 Å². The molecule has 3 fully saturated rings. The van der Waals surface area contributed by atoms with Gasteiger partial charge in [0.05, 0.1) is 11.3 Å². The molecule has 7 nitrogen and oxygen atoms in total. The Bertz CT molecular complexity index is 1540. The van der Waals surface area contributed by atoms with Gasteiger partial charge in [-0.15, -0.1) is 10.2 Å². The maximum atomic E-state index is 14.4. The molecule has 1 aromatic carbocycles. The average molecular weight is 576 g/mol. The number of hydrogen-bond donors (Lipinski definition) is 0. The van der Waals surface area contributed by atoms with Crippen molar-refractivity contribution in [2.75, 3.05) is 38.1 Å². The Balaban J connectivity index is 1.16. The summed E-state index contributed by atoms with van der Waals surface area (Å²) in [5, 5.41) is 8.53. The van der Waals surface area contributed by atoms with Gasteiger partial charge >= 0.3 is 6.18 Å². The molecular formula is C32H36F3N7. The summed E-state index contributed by atoms with van der Waals surface area (Å²) < 4.78 is 45.2. The number of hydrogen-bond acceptors (Lipinski definition) is 6. The van der Waals surface area contributed by atoms with E-state index in [1.54, 1.807) is 22.3 Å². The van der Waals surface area contributed by atoms with E-state index in [9.17, 15) is 13.2 Å². The minimum Gasteiger partial charge on any atom is -0.378 e. The zero-order valence-electron chi connectivity index (χ0n) is 24.1. The number of aromatic nitrogens is 3. The van der Waals surface area contributed by atoms with Gasteiger partial charge in [0.15, 0.2) is 0 Å². The quantitative estimate of drug-likeness (QED) is 0.439. The van der Waals surface area contributed by atoms with Gasteiger partial charge in [0.2, 0.25) is 0 Å². The van der Waals surface area contributed by atoms with Crippen molar-refractivity contribution in [3.8, 4) is 0 Å². The summed E-state index contributed by atoms with van der Waals surface area (Å²) in [6.07, 6.45) is 6.36. The third-order valence-electron chi connectivity index (χ3n) is 9.88. The van der Waals surface area contributed by atoms with Gasteiger partial charge in [-0.3, -0.25) is 4.90 Å². The van der Waals surface area contributed by atoms with Crippen LogP contribution in [-0.4, -0.2) is 68.9 Å². The molecule has 42 heavy (non-hydrogen) atoms. The molecule has 1 unspecified atom stereocenters. The highest BCUT2D eigenvalue weighted by Crippen LogP contribution is 2.48. The Labute approximate surface area is 244 Å². The van der Waals surface area contributed by atoms with E-state index < -0.39 is 11.7 Å². The molecule has 10 heteroatoms. The number of anilines is 1. The molecule has 2 aromatic rings. The van der Waals surface area contributed by atoms with Crippen molar-refractivity contribution in [2.24, 2.45) is 18.4 Å². The Hall–Kier alpha value is -3.79. The summed E-state index contributed by atoms with van der Waals surface area (Å²) in [5.74, 6) is 1.91. The summed E-state index contributed by atoms with van der Waals surface area (Å²) in [5.41, 5.74) is 3.12. The van der Waals surface area contributed by atoms with Crippen LogP contribution in [0.3, 0.4) is 0 Å². The first-order chi connectivity index (χ1) is 20.0. The van der Waals surface area contributed by atoms with Gasteiger partial charge in [-0.2, -0.15) is 13.2 Å². The van der Waals surface area contributed by atoms with Crippen LogP contribution in [0.15, 0.2) is 90.6 Å². The highest BCUT2D eigenvalue weighted by atomic mass is 19.4. The van der Waals surface area contributed by atoms with Crippen LogP contribution in [0.2, 0.25) is 0 Å².